The van der Waals surface area contributed by atoms with E-state index in [1.54, 1.807) is 18.5 Å². The lowest BCUT2D eigenvalue weighted by Gasteiger charge is -2.17. The van der Waals surface area contributed by atoms with Gasteiger partial charge >= 0.3 is 0 Å². The van der Waals surface area contributed by atoms with E-state index >= 15 is 0 Å². The van der Waals surface area contributed by atoms with Crippen LogP contribution in [0.4, 0.5) is 5.82 Å². The van der Waals surface area contributed by atoms with Crippen molar-refractivity contribution < 1.29 is 4.79 Å². The molecule has 2 aromatic rings. The Kier molecular flexibility index (Phi) is 4.75. The van der Waals surface area contributed by atoms with Crippen molar-refractivity contribution in [3.63, 3.8) is 0 Å². The average Bonchev–Trinajstić information content (AvgIpc) is 3.28. The molecule has 7 heteroatoms. The molecular weight excluding hydrogens is 304 g/mol. The van der Waals surface area contributed by atoms with Gasteiger partial charge in [0.05, 0.1) is 11.8 Å². The topological polar surface area (TPSA) is 97.7 Å². The summed E-state index contributed by atoms with van der Waals surface area (Å²) in [6.45, 7) is 4.09. The van der Waals surface area contributed by atoms with E-state index in [0.717, 1.165) is 36.6 Å². The Bertz CT molecular complexity index is 745. The lowest BCUT2D eigenvalue weighted by molar-refractivity contribution is -0.120. The van der Waals surface area contributed by atoms with E-state index in [1.165, 1.54) is 0 Å². The van der Waals surface area contributed by atoms with Gasteiger partial charge in [0.25, 0.3) is 0 Å². The number of amides is 1. The third kappa shape index (κ3) is 3.38. The highest BCUT2D eigenvalue weighted by atomic mass is 16.1. The van der Waals surface area contributed by atoms with Gasteiger partial charge in [-0.3, -0.25) is 9.89 Å². The highest BCUT2D eigenvalue weighted by molar-refractivity contribution is 5.75. The second-order valence-electron chi connectivity index (χ2n) is 5.89. The van der Waals surface area contributed by atoms with Crippen molar-refractivity contribution in [3.8, 4) is 6.07 Å². The smallest absolute Gasteiger partial charge is 0.219 e. The number of carbonyl (C=O) groups is 1. The Labute approximate surface area is 140 Å². The summed E-state index contributed by atoms with van der Waals surface area (Å²) in [5, 5.41) is 19.0. The first kappa shape index (κ1) is 16.0. The van der Waals surface area contributed by atoms with Crippen molar-refractivity contribution in [2.45, 2.75) is 32.2 Å². The van der Waals surface area contributed by atoms with E-state index < -0.39 is 0 Å². The number of hydrogen-bond donors (Lipinski definition) is 2. The van der Waals surface area contributed by atoms with Gasteiger partial charge in [0.1, 0.15) is 11.9 Å². The highest BCUT2D eigenvalue weighted by Crippen LogP contribution is 2.30. The molecule has 0 bridgehead atoms. The van der Waals surface area contributed by atoms with Gasteiger partial charge in [-0.05, 0) is 18.6 Å². The van der Waals surface area contributed by atoms with Crippen LogP contribution in [-0.2, 0) is 11.3 Å². The molecule has 1 fully saturated rings. The van der Waals surface area contributed by atoms with Gasteiger partial charge in [-0.15, -0.1) is 0 Å². The summed E-state index contributed by atoms with van der Waals surface area (Å²) in [5.41, 5.74) is 2.69. The van der Waals surface area contributed by atoms with Crippen LogP contribution in [0, 0.1) is 11.3 Å². The quantitative estimate of drug-likeness (QED) is 0.872. The van der Waals surface area contributed by atoms with E-state index in [2.05, 4.69) is 31.5 Å². The Hall–Kier alpha value is -2.88. The van der Waals surface area contributed by atoms with Crippen molar-refractivity contribution in [2.75, 3.05) is 18.0 Å². The molecule has 124 valence electrons. The minimum Gasteiger partial charge on any atom is -0.356 e. The van der Waals surface area contributed by atoms with Crippen LogP contribution in [-0.4, -0.2) is 34.2 Å². The zero-order valence-electron chi connectivity index (χ0n) is 13.6. The molecule has 1 aliphatic rings. The van der Waals surface area contributed by atoms with Gasteiger partial charge in [-0.2, -0.15) is 10.4 Å². The van der Waals surface area contributed by atoms with Crippen LogP contribution in [0.2, 0.25) is 0 Å². The number of aromatic amines is 1. The van der Waals surface area contributed by atoms with Gasteiger partial charge in [0.15, 0.2) is 0 Å². The van der Waals surface area contributed by atoms with Crippen molar-refractivity contribution >= 4 is 11.7 Å². The fourth-order valence-electron chi connectivity index (χ4n) is 2.98. The molecule has 1 atom stereocenters. The number of nitrogens with one attached hydrogen (secondary N) is 2. The molecule has 7 nitrogen and oxygen atoms in total. The van der Waals surface area contributed by atoms with Crippen molar-refractivity contribution in [1.29, 1.82) is 5.26 Å². The molecule has 0 saturated carbocycles. The zero-order valence-corrected chi connectivity index (χ0v) is 13.6. The molecule has 0 aromatic carbocycles. The lowest BCUT2D eigenvalue weighted by Crippen LogP contribution is -2.23. The van der Waals surface area contributed by atoms with Crippen LogP contribution >= 0.6 is 0 Å². The molecule has 0 radical (unpaired) electrons. The van der Waals surface area contributed by atoms with Crippen molar-refractivity contribution in [1.82, 2.24) is 20.5 Å². The third-order valence-corrected chi connectivity index (χ3v) is 4.35. The van der Waals surface area contributed by atoms with Crippen LogP contribution in [0.15, 0.2) is 24.5 Å². The minimum absolute atomic E-state index is 0.0389. The number of H-pyrrole nitrogens is 1. The van der Waals surface area contributed by atoms with Crippen molar-refractivity contribution in [3.05, 3.63) is 41.3 Å². The Morgan fingerprint density at radius 1 is 1.50 bits per heavy atom. The molecule has 2 aromatic heterocycles. The SMILES string of the molecule is CCC(=O)NCc1cn[nH]c1C1CCN(c2ccc(C#N)cn2)C1. The number of nitrogens with zero attached hydrogens (tertiary/aromatic N) is 4. The summed E-state index contributed by atoms with van der Waals surface area (Å²) in [7, 11) is 0. The van der Waals surface area contributed by atoms with E-state index in [4.69, 9.17) is 5.26 Å². The number of anilines is 1. The summed E-state index contributed by atoms with van der Waals surface area (Å²) in [6.07, 6.45) is 4.87. The Balaban J connectivity index is 1.66. The molecule has 1 unspecified atom stereocenters. The second-order valence-corrected chi connectivity index (χ2v) is 5.89. The highest BCUT2D eigenvalue weighted by Gasteiger charge is 2.27. The summed E-state index contributed by atoms with van der Waals surface area (Å²) in [4.78, 5) is 18.0. The molecule has 1 amide bonds. The van der Waals surface area contributed by atoms with Gasteiger partial charge < -0.3 is 10.2 Å². The first-order valence-electron chi connectivity index (χ1n) is 8.11. The summed E-state index contributed by atoms with van der Waals surface area (Å²) < 4.78 is 0. The molecular formula is C17H20N6O. The first-order chi connectivity index (χ1) is 11.7. The molecule has 2 N–H and O–H groups in total. The fraction of sp³-hybridized carbons (Fsp3) is 0.412. The van der Waals surface area contributed by atoms with Gasteiger partial charge in [-0.25, -0.2) is 4.98 Å². The van der Waals surface area contributed by atoms with Crippen LogP contribution in [0.1, 0.15) is 42.5 Å². The van der Waals surface area contributed by atoms with E-state index in [0.29, 0.717) is 24.4 Å². The van der Waals surface area contributed by atoms with Gasteiger partial charge in [0, 0.05) is 49.4 Å². The van der Waals surface area contributed by atoms with E-state index in [1.807, 2.05) is 13.0 Å². The van der Waals surface area contributed by atoms with Gasteiger partial charge in [0.2, 0.25) is 5.91 Å². The van der Waals surface area contributed by atoms with Crippen LogP contribution in [0.25, 0.3) is 0 Å². The maximum atomic E-state index is 11.4. The number of carbonyl (C=O) groups excluding carboxylic acids is 1. The molecule has 1 saturated heterocycles. The summed E-state index contributed by atoms with van der Waals surface area (Å²) in [6, 6.07) is 5.76. The Morgan fingerprint density at radius 2 is 2.38 bits per heavy atom. The average molecular weight is 324 g/mol. The van der Waals surface area contributed by atoms with Crippen molar-refractivity contribution in [2.24, 2.45) is 0 Å². The minimum atomic E-state index is 0.0389. The Morgan fingerprint density at radius 3 is 3.08 bits per heavy atom. The van der Waals surface area contributed by atoms with Crippen LogP contribution < -0.4 is 10.2 Å². The standard InChI is InChI=1S/C17H20N6O/c1-2-16(24)20-9-14-10-21-22-17(14)13-5-6-23(11-13)15-4-3-12(7-18)8-19-15/h3-4,8,10,13H,2,5-6,9,11H2,1H3,(H,20,24)(H,21,22). The molecule has 3 rings (SSSR count). The summed E-state index contributed by atoms with van der Waals surface area (Å²) in [5.74, 6) is 1.26. The number of hydrogen-bond acceptors (Lipinski definition) is 5. The predicted molar refractivity (Wildman–Crippen MR) is 89.2 cm³/mol. The maximum Gasteiger partial charge on any atom is 0.219 e. The second kappa shape index (κ2) is 7.13. The summed E-state index contributed by atoms with van der Waals surface area (Å²) >= 11 is 0. The molecule has 0 spiro atoms. The molecule has 1 aliphatic heterocycles. The number of rotatable bonds is 5. The number of nitriles is 1. The van der Waals surface area contributed by atoms with E-state index in [-0.39, 0.29) is 5.91 Å². The fourth-order valence-corrected chi connectivity index (χ4v) is 2.98. The zero-order chi connectivity index (χ0) is 16.9. The number of aromatic nitrogens is 3. The normalized spacial score (nSPS) is 16.8. The lowest BCUT2D eigenvalue weighted by atomic mass is 10.0. The maximum absolute atomic E-state index is 11.4. The van der Waals surface area contributed by atoms with E-state index in [9.17, 15) is 4.79 Å². The first-order valence-corrected chi connectivity index (χ1v) is 8.11. The molecule has 0 aliphatic carbocycles. The predicted octanol–water partition coefficient (Wildman–Crippen LogP) is 1.70. The van der Waals surface area contributed by atoms with Crippen LogP contribution in [0.5, 0.6) is 0 Å². The number of pyridine rings is 1. The third-order valence-electron chi connectivity index (χ3n) is 4.35. The molecule has 3 heterocycles. The van der Waals surface area contributed by atoms with Gasteiger partial charge in [-0.1, -0.05) is 6.92 Å². The molecule has 24 heavy (non-hydrogen) atoms. The largest absolute Gasteiger partial charge is 0.356 e. The van der Waals surface area contributed by atoms with Crippen LogP contribution in [0.3, 0.4) is 0 Å². The monoisotopic (exact) mass is 324 g/mol.